The minimum absolute atomic E-state index is 0.0102. The first-order valence-corrected chi connectivity index (χ1v) is 10.0. The molecule has 0 heterocycles. The van der Waals surface area contributed by atoms with E-state index in [-0.39, 0.29) is 5.41 Å². The van der Waals surface area contributed by atoms with Gasteiger partial charge in [0.1, 0.15) is 0 Å². The largest absolute Gasteiger partial charge is 0.0845 e. The molecule has 4 rings (SSSR count). The lowest BCUT2D eigenvalue weighted by molar-refractivity contribution is 0.350. The average Bonchev–Trinajstić information content (AvgIpc) is 2.86. The van der Waals surface area contributed by atoms with E-state index in [1.165, 1.54) is 53.5 Å². The van der Waals surface area contributed by atoms with Crippen LogP contribution in [-0.2, 0) is 5.41 Å². The molecule has 0 bridgehead atoms. The Hall–Kier alpha value is -1.53. The van der Waals surface area contributed by atoms with Crippen molar-refractivity contribution >= 4 is 11.6 Å². The summed E-state index contributed by atoms with van der Waals surface area (Å²) in [7, 11) is 0. The summed E-state index contributed by atoms with van der Waals surface area (Å²) in [5, 5.41) is 0.898. The Balaban J connectivity index is 1.98. The second-order valence-corrected chi connectivity index (χ2v) is 8.48. The van der Waals surface area contributed by atoms with Gasteiger partial charge in [0.05, 0.1) is 0 Å². The number of aryl methyl sites for hydroxylation is 1. The van der Waals surface area contributed by atoms with Gasteiger partial charge in [-0.25, -0.2) is 0 Å². The van der Waals surface area contributed by atoms with Crippen LogP contribution in [0.15, 0.2) is 48.6 Å². The topological polar surface area (TPSA) is 0 Å². The lowest BCUT2D eigenvalue weighted by Crippen LogP contribution is -2.26. The molecule has 0 amide bonds. The van der Waals surface area contributed by atoms with Crippen LogP contribution in [-0.4, -0.2) is 0 Å². The van der Waals surface area contributed by atoms with Crippen LogP contribution in [0, 0.1) is 18.8 Å². The number of benzene rings is 2. The van der Waals surface area contributed by atoms with E-state index in [0.717, 1.165) is 10.9 Å². The molecule has 0 aliphatic heterocycles. The van der Waals surface area contributed by atoms with Gasteiger partial charge in [0.25, 0.3) is 0 Å². The summed E-state index contributed by atoms with van der Waals surface area (Å²) < 4.78 is 0. The zero-order valence-electron chi connectivity index (χ0n) is 15.5. The minimum atomic E-state index is -0.0102. The first-order chi connectivity index (χ1) is 12.0. The molecule has 2 aromatic rings. The number of hydrogen-bond acceptors (Lipinski definition) is 0. The quantitative estimate of drug-likeness (QED) is 0.472. The minimum Gasteiger partial charge on any atom is -0.0845 e. The summed E-state index contributed by atoms with van der Waals surface area (Å²) in [6.45, 7) is 6.86. The molecule has 0 radical (unpaired) electrons. The average molecular weight is 351 g/mol. The highest BCUT2D eigenvalue weighted by Gasteiger charge is 2.42. The van der Waals surface area contributed by atoms with Crippen LogP contribution in [0.3, 0.4) is 0 Å². The van der Waals surface area contributed by atoms with Crippen molar-refractivity contribution in [3.8, 4) is 11.1 Å². The highest BCUT2D eigenvalue weighted by Crippen LogP contribution is 2.55. The molecular formula is C24H27Cl. The Bertz CT molecular complexity index is 832. The third-order valence-corrected chi connectivity index (χ3v) is 6.63. The first-order valence-electron chi connectivity index (χ1n) is 9.65. The van der Waals surface area contributed by atoms with Crippen molar-refractivity contribution in [1.82, 2.24) is 0 Å². The van der Waals surface area contributed by atoms with Crippen LogP contribution in [0.25, 0.3) is 11.1 Å². The predicted molar refractivity (Wildman–Crippen MR) is 108 cm³/mol. The second-order valence-electron chi connectivity index (χ2n) is 8.07. The van der Waals surface area contributed by atoms with E-state index in [1.807, 2.05) is 0 Å². The van der Waals surface area contributed by atoms with Crippen LogP contribution in [0.2, 0.25) is 5.02 Å². The normalized spacial score (nSPS) is 29.0. The van der Waals surface area contributed by atoms with Crippen molar-refractivity contribution in [2.45, 2.75) is 51.9 Å². The molecule has 0 saturated carbocycles. The van der Waals surface area contributed by atoms with Gasteiger partial charge in [-0.2, -0.15) is 0 Å². The molecule has 3 atom stereocenters. The van der Waals surface area contributed by atoms with Gasteiger partial charge in [-0.15, -0.1) is 0 Å². The van der Waals surface area contributed by atoms with E-state index in [2.05, 4.69) is 69.3 Å². The van der Waals surface area contributed by atoms with E-state index in [0.29, 0.717) is 5.92 Å². The van der Waals surface area contributed by atoms with Gasteiger partial charge < -0.3 is 0 Å². The first kappa shape index (κ1) is 16.9. The molecule has 1 heteroatoms. The molecule has 3 unspecified atom stereocenters. The van der Waals surface area contributed by atoms with Crippen molar-refractivity contribution in [3.05, 3.63) is 70.3 Å². The van der Waals surface area contributed by atoms with Crippen molar-refractivity contribution in [2.24, 2.45) is 11.8 Å². The highest BCUT2D eigenvalue weighted by molar-refractivity contribution is 6.34. The summed E-state index contributed by atoms with van der Waals surface area (Å²) in [5.41, 5.74) is 6.69. The van der Waals surface area contributed by atoms with Crippen LogP contribution in [0.4, 0.5) is 0 Å². The summed E-state index contributed by atoms with van der Waals surface area (Å²) in [6, 6.07) is 13.4. The van der Waals surface area contributed by atoms with E-state index < -0.39 is 0 Å². The standard InChI is InChI=1S/C24H27Cl/c1-4-18-10-12-24(11-9-16(2)13-18)20-8-6-5-7-19(20)23-21(24)14-17(3)15-22(23)25/h5-9,11,14-16,18H,4,10,12-13H2,1-3H3/b11-9+. The summed E-state index contributed by atoms with van der Waals surface area (Å²) in [5.74, 6) is 1.45. The third kappa shape index (κ3) is 2.66. The SMILES string of the molecule is CCC1CCC2(/C=C/C(C)C1)c1ccccc1-c1c(Cl)cc(C)cc12. The molecule has 2 aliphatic carbocycles. The van der Waals surface area contributed by atoms with Gasteiger partial charge in [-0.05, 0) is 66.3 Å². The molecule has 1 spiro atoms. The number of fused-ring (bicyclic) bond motifs is 5. The number of rotatable bonds is 1. The molecular weight excluding hydrogens is 324 g/mol. The molecule has 2 aliphatic rings. The maximum Gasteiger partial charge on any atom is 0.0490 e. The molecule has 25 heavy (non-hydrogen) atoms. The van der Waals surface area contributed by atoms with Crippen molar-refractivity contribution in [2.75, 3.05) is 0 Å². The molecule has 2 aromatic carbocycles. The van der Waals surface area contributed by atoms with E-state index in [1.54, 1.807) is 0 Å². The van der Waals surface area contributed by atoms with E-state index in [9.17, 15) is 0 Å². The molecule has 130 valence electrons. The van der Waals surface area contributed by atoms with Crippen molar-refractivity contribution in [1.29, 1.82) is 0 Å². The van der Waals surface area contributed by atoms with Crippen LogP contribution in [0.5, 0.6) is 0 Å². The van der Waals surface area contributed by atoms with Gasteiger partial charge in [0.15, 0.2) is 0 Å². The summed E-state index contributed by atoms with van der Waals surface area (Å²) >= 11 is 6.74. The Morgan fingerprint density at radius 1 is 1.16 bits per heavy atom. The van der Waals surface area contributed by atoms with Crippen molar-refractivity contribution in [3.63, 3.8) is 0 Å². The molecule has 0 saturated heterocycles. The maximum absolute atomic E-state index is 6.74. The lowest BCUT2D eigenvalue weighted by Gasteiger charge is -2.34. The smallest absolute Gasteiger partial charge is 0.0490 e. The predicted octanol–water partition coefficient (Wildman–Crippen LogP) is 7.32. The second kappa shape index (κ2) is 6.32. The number of allylic oxidation sites excluding steroid dienone is 2. The van der Waals surface area contributed by atoms with Crippen LogP contribution >= 0.6 is 11.6 Å². The summed E-state index contributed by atoms with van der Waals surface area (Å²) in [4.78, 5) is 0. The lowest BCUT2D eigenvalue weighted by atomic mass is 9.70. The molecule has 0 nitrogen and oxygen atoms in total. The fourth-order valence-corrected chi connectivity index (χ4v) is 5.36. The fraction of sp³-hybridized carbons (Fsp3) is 0.417. The monoisotopic (exact) mass is 350 g/mol. The van der Waals surface area contributed by atoms with Gasteiger partial charge >= 0.3 is 0 Å². The van der Waals surface area contributed by atoms with Gasteiger partial charge in [-0.1, -0.05) is 74.4 Å². The Kier molecular flexibility index (Phi) is 4.28. The van der Waals surface area contributed by atoms with Gasteiger partial charge in [0.2, 0.25) is 0 Å². The Morgan fingerprint density at radius 3 is 2.76 bits per heavy atom. The zero-order chi connectivity index (χ0) is 17.6. The zero-order valence-corrected chi connectivity index (χ0v) is 16.2. The number of hydrogen-bond donors (Lipinski definition) is 0. The highest BCUT2D eigenvalue weighted by atomic mass is 35.5. The van der Waals surface area contributed by atoms with E-state index in [4.69, 9.17) is 11.6 Å². The van der Waals surface area contributed by atoms with Gasteiger partial charge in [-0.3, -0.25) is 0 Å². The van der Waals surface area contributed by atoms with E-state index >= 15 is 0 Å². The van der Waals surface area contributed by atoms with Gasteiger partial charge in [0, 0.05) is 16.0 Å². The third-order valence-electron chi connectivity index (χ3n) is 6.33. The Labute approximate surface area is 156 Å². The fourth-order valence-electron chi connectivity index (χ4n) is 4.99. The molecule has 0 N–H and O–H groups in total. The number of halogens is 1. The maximum atomic E-state index is 6.74. The van der Waals surface area contributed by atoms with Crippen molar-refractivity contribution < 1.29 is 0 Å². The summed E-state index contributed by atoms with van der Waals surface area (Å²) in [6.07, 6.45) is 10.0. The Morgan fingerprint density at radius 2 is 1.96 bits per heavy atom. The molecule has 0 aromatic heterocycles. The van der Waals surface area contributed by atoms with Crippen LogP contribution in [0.1, 0.15) is 56.2 Å². The van der Waals surface area contributed by atoms with Crippen LogP contribution < -0.4 is 0 Å². The molecule has 0 fully saturated rings.